The van der Waals surface area contributed by atoms with Gasteiger partial charge in [-0.2, -0.15) is 22.0 Å². The first-order valence-electron chi connectivity index (χ1n) is 15.4. The molecule has 0 unspecified atom stereocenters. The minimum absolute atomic E-state index is 0.0401. The summed E-state index contributed by atoms with van der Waals surface area (Å²) >= 11 is 0. The Bertz CT molecular complexity index is 1360. The summed E-state index contributed by atoms with van der Waals surface area (Å²) in [6.07, 6.45) is -2.38. The number of hydrogen-bond donors (Lipinski definition) is 1. The fourth-order valence-corrected chi connectivity index (χ4v) is 8.35. The molecule has 2 fully saturated rings. The van der Waals surface area contributed by atoms with Gasteiger partial charge in [0.2, 0.25) is 0 Å². The third kappa shape index (κ3) is 5.65. The molecular weight excluding hydrogens is 583 g/mol. The average molecular weight is 625 g/mol. The van der Waals surface area contributed by atoms with Crippen molar-refractivity contribution >= 4 is 11.8 Å². The number of alkyl halides is 5. The third-order valence-corrected chi connectivity index (χ3v) is 10.3. The van der Waals surface area contributed by atoms with E-state index in [2.05, 4.69) is 0 Å². The highest BCUT2D eigenvalue weighted by molar-refractivity contribution is 5.93. The lowest BCUT2D eigenvalue weighted by Gasteiger charge is -2.56. The van der Waals surface area contributed by atoms with Crippen LogP contribution >= 0.6 is 0 Å². The number of halogens is 5. The molecule has 0 aliphatic heterocycles. The minimum atomic E-state index is -5.88. The zero-order valence-electron chi connectivity index (χ0n) is 25.7. The quantitative estimate of drug-likeness (QED) is 0.194. The number of rotatable bonds is 7. The van der Waals surface area contributed by atoms with Crippen LogP contribution in [0.2, 0.25) is 0 Å². The van der Waals surface area contributed by atoms with Crippen molar-refractivity contribution in [1.29, 1.82) is 0 Å². The first-order valence-corrected chi connectivity index (χ1v) is 15.4. The van der Waals surface area contributed by atoms with Crippen molar-refractivity contribution in [2.24, 2.45) is 17.3 Å². The van der Waals surface area contributed by atoms with E-state index >= 15 is 8.78 Å². The van der Waals surface area contributed by atoms with Crippen molar-refractivity contribution < 1.29 is 46.1 Å². The summed E-state index contributed by atoms with van der Waals surface area (Å²) in [5, 5.41) is 11.4. The number of esters is 1. The van der Waals surface area contributed by atoms with Crippen molar-refractivity contribution in [2.45, 2.75) is 108 Å². The first kappa shape index (κ1) is 32.8. The molecule has 1 aromatic carbocycles. The van der Waals surface area contributed by atoms with Gasteiger partial charge >= 0.3 is 18.1 Å². The molecule has 5 atom stereocenters. The lowest BCUT2D eigenvalue weighted by atomic mass is 9.50. The molecule has 5 nitrogen and oxygen atoms in total. The number of fused-ring (bicyclic) bond motifs is 4. The topological polar surface area (TPSA) is 72.8 Å². The van der Waals surface area contributed by atoms with Crippen LogP contribution in [0.15, 0.2) is 47.1 Å². The Morgan fingerprint density at radius 1 is 1.02 bits per heavy atom. The monoisotopic (exact) mass is 624 g/mol. The summed E-state index contributed by atoms with van der Waals surface area (Å²) in [7, 11) is 0. The summed E-state index contributed by atoms with van der Waals surface area (Å²) in [4.78, 5) is 24.1. The van der Waals surface area contributed by atoms with Gasteiger partial charge in [0.15, 0.2) is 5.78 Å². The zero-order valence-corrected chi connectivity index (χ0v) is 25.7. The molecule has 0 radical (unpaired) electrons. The van der Waals surface area contributed by atoms with Crippen molar-refractivity contribution in [2.75, 3.05) is 13.2 Å². The number of ether oxygens (including phenoxy) is 2. The van der Waals surface area contributed by atoms with E-state index < -0.39 is 52.9 Å². The van der Waals surface area contributed by atoms with E-state index in [-0.39, 0.29) is 37.8 Å². The third-order valence-electron chi connectivity index (χ3n) is 10.3. The van der Waals surface area contributed by atoms with Crippen molar-refractivity contribution in [3.05, 3.63) is 58.2 Å². The number of benzene rings is 1. The van der Waals surface area contributed by atoms with Gasteiger partial charge in [-0.3, -0.25) is 4.79 Å². The summed E-state index contributed by atoms with van der Waals surface area (Å²) in [5.41, 5.74) is -0.850. The summed E-state index contributed by atoms with van der Waals surface area (Å²) < 4.78 is 82.3. The zero-order chi connectivity index (χ0) is 32.3. The fraction of sp³-hybridized carbons (Fsp3) is 0.647. The van der Waals surface area contributed by atoms with Gasteiger partial charge in [0.25, 0.3) is 0 Å². The number of hydrogen-bond acceptors (Lipinski definition) is 5. The largest absolute Gasteiger partial charge is 0.458 e. The van der Waals surface area contributed by atoms with Gasteiger partial charge in [0, 0.05) is 17.8 Å². The van der Waals surface area contributed by atoms with Gasteiger partial charge in [-0.1, -0.05) is 36.8 Å². The number of aliphatic hydroxyl groups is 1. The molecule has 0 spiro atoms. The molecule has 2 saturated carbocycles. The van der Waals surface area contributed by atoms with E-state index in [1.165, 1.54) is 6.92 Å². The second kappa shape index (κ2) is 11.3. The Labute approximate surface area is 254 Å². The summed E-state index contributed by atoms with van der Waals surface area (Å²) in [6.45, 7) is 6.81. The molecule has 10 heteroatoms. The molecular formula is C34H41F5O5. The highest BCUT2D eigenvalue weighted by atomic mass is 19.4. The van der Waals surface area contributed by atoms with Crippen LogP contribution in [0.3, 0.4) is 0 Å². The smallest absolute Gasteiger partial charge is 0.456 e. The van der Waals surface area contributed by atoms with Crippen LogP contribution in [-0.4, -0.2) is 53.4 Å². The lowest BCUT2D eigenvalue weighted by molar-refractivity contribution is -0.362. The van der Waals surface area contributed by atoms with Crippen LogP contribution in [0, 0.1) is 17.3 Å². The second-order valence-corrected chi connectivity index (χ2v) is 14.1. The molecule has 4 aliphatic carbocycles. The van der Waals surface area contributed by atoms with Crippen molar-refractivity contribution in [1.82, 2.24) is 0 Å². The van der Waals surface area contributed by atoms with E-state index in [0.717, 1.165) is 27.8 Å². The minimum Gasteiger partial charge on any atom is -0.458 e. The van der Waals surface area contributed by atoms with Gasteiger partial charge in [-0.05, 0) is 106 Å². The number of carbonyl (C=O) groups is 2. The number of allylic oxidation sites excluding steroid dienone is 4. The van der Waals surface area contributed by atoms with Gasteiger partial charge in [-0.15, -0.1) is 0 Å². The predicted octanol–water partition coefficient (Wildman–Crippen LogP) is 7.42. The van der Waals surface area contributed by atoms with Crippen LogP contribution in [0.1, 0.15) is 89.7 Å². The Morgan fingerprint density at radius 2 is 1.70 bits per heavy atom. The molecule has 1 N–H and O–H groups in total. The average Bonchev–Trinajstić information content (AvgIpc) is 3.20. The highest BCUT2D eigenvalue weighted by Gasteiger charge is 2.79. The second-order valence-electron chi connectivity index (χ2n) is 14.1. The van der Waals surface area contributed by atoms with Gasteiger partial charge in [0.05, 0.1) is 6.61 Å². The molecule has 0 saturated heterocycles. The molecule has 0 heterocycles. The standard InChI is InChI=1S/C34H41F5O5/c1-30(2,3)44-28(41)19-43-16-14-20-5-7-21(8-6-20)26-18-31(4)27(13-15-32(31,42)33(35,36)34(37,38)39)25-11-9-22-17-23(40)10-12-24(22)29(25)26/h5-8,17,25-27,42H,9-16,18-19H2,1-4H3/t25-,26+,27-,31-,32-/m0/s1. The maximum Gasteiger partial charge on any atom is 0.456 e. The lowest BCUT2D eigenvalue weighted by Crippen LogP contribution is -2.65. The summed E-state index contributed by atoms with van der Waals surface area (Å²) in [6, 6.07) is 7.47. The fourth-order valence-electron chi connectivity index (χ4n) is 8.35. The van der Waals surface area contributed by atoms with E-state index in [0.29, 0.717) is 32.1 Å². The Hall–Kier alpha value is -2.59. The van der Waals surface area contributed by atoms with Gasteiger partial charge < -0.3 is 14.6 Å². The molecule has 5 rings (SSSR count). The maximum absolute atomic E-state index is 15.2. The highest BCUT2D eigenvalue weighted by Crippen LogP contribution is 2.70. The van der Waals surface area contributed by atoms with Gasteiger partial charge in [0.1, 0.15) is 17.8 Å². The number of carbonyl (C=O) groups excluding carboxylic acids is 2. The van der Waals surface area contributed by atoms with Gasteiger partial charge in [-0.25, -0.2) is 4.79 Å². The van der Waals surface area contributed by atoms with Crippen LogP contribution < -0.4 is 0 Å². The van der Waals surface area contributed by atoms with Crippen molar-refractivity contribution in [3.63, 3.8) is 0 Å². The van der Waals surface area contributed by atoms with Crippen LogP contribution in [0.4, 0.5) is 22.0 Å². The molecule has 1 aromatic rings. The predicted molar refractivity (Wildman–Crippen MR) is 153 cm³/mol. The SMILES string of the molecule is CC(C)(C)OC(=O)COCCc1ccc([C@H]2C[C@@]3(C)[C@@H](CC[C@@]3(O)C(F)(F)C(F)(F)F)[C@@H]3CCC4=CC(=O)CCC4=C32)cc1. The Balaban J connectivity index is 1.44. The number of ketones is 1. The van der Waals surface area contributed by atoms with Crippen LogP contribution in [0.25, 0.3) is 0 Å². The molecule has 0 aromatic heterocycles. The normalized spacial score (nSPS) is 30.8. The van der Waals surface area contributed by atoms with Crippen LogP contribution in [0.5, 0.6) is 0 Å². The van der Waals surface area contributed by atoms with E-state index in [9.17, 15) is 27.9 Å². The van der Waals surface area contributed by atoms with E-state index in [1.807, 2.05) is 24.3 Å². The molecule has 242 valence electrons. The maximum atomic E-state index is 15.2. The molecule has 0 bridgehead atoms. The Morgan fingerprint density at radius 3 is 2.34 bits per heavy atom. The van der Waals surface area contributed by atoms with E-state index in [4.69, 9.17) is 9.47 Å². The molecule has 4 aliphatic rings. The summed E-state index contributed by atoms with van der Waals surface area (Å²) in [5.74, 6) is -6.98. The van der Waals surface area contributed by atoms with Crippen LogP contribution in [-0.2, 0) is 25.5 Å². The van der Waals surface area contributed by atoms with E-state index in [1.54, 1.807) is 26.8 Å². The van der Waals surface area contributed by atoms with Crippen molar-refractivity contribution in [3.8, 4) is 0 Å². The first-order chi connectivity index (χ1) is 20.4. The molecule has 0 amide bonds. The Kier molecular flexibility index (Phi) is 8.45. The molecule has 44 heavy (non-hydrogen) atoms.